The predicted octanol–water partition coefficient (Wildman–Crippen LogP) is 3.17. The summed E-state index contributed by atoms with van der Waals surface area (Å²) in [5, 5.41) is 3.58. The van der Waals surface area contributed by atoms with Crippen molar-refractivity contribution in [3.63, 3.8) is 0 Å². The summed E-state index contributed by atoms with van der Waals surface area (Å²) in [5.41, 5.74) is 0. The zero-order valence-corrected chi connectivity index (χ0v) is 16.4. The van der Waals surface area contributed by atoms with Crippen molar-refractivity contribution >= 4 is 14.2 Å². The SMILES string of the molecule is CCOC(CNC1=NC[C@@H](O[Si](C)(C)C(C)(C)C)C1)OCC. The van der Waals surface area contributed by atoms with Crippen molar-refractivity contribution in [1.29, 1.82) is 0 Å². The maximum atomic E-state index is 6.42. The van der Waals surface area contributed by atoms with Gasteiger partial charge in [-0.3, -0.25) is 4.99 Å². The molecule has 0 amide bonds. The number of aliphatic imine (C=N–C) groups is 1. The van der Waals surface area contributed by atoms with Gasteiger partial charge in [0.25, 0.3) is 0 Å². The molecule has 0 unspecified atom stereocenters. The first kappa shape index (κ1) is 19.6. The average molecular weight is 331 g/mol. The van der Waals surface area contributed by atoms with Crippen LogP contribution in [-0.4, -0.2) is 52.9 Å². The molecule has 0 aromatic heterocycles. The normalized spacial score (nSPS) is 19.6. The Morgan fingerprint density at radius 3 is 2.32 bits per heavy atom. The van der Waals surface area contributed by atoms with Crippen LogP contribution in [0.2, 0.25) is 18.1 Å². The van der Waals surface area contributed by atoms with E-state index in [1.54, 1.807) is 0 Å². The summed E-state index contributed by atoms with van der Waals surface area (Å²) in [6.07, 6.45) is 0.858. The molecule has 1 rings (SSSR count). The molecule has 0 aliphatic carbocycles. The molecule has 0 saturated heterocycles. The molecule has 0 spiro atoms. The van der Waals surface area contributed by atoms with Crippen molar-refractivity contribution in [2.45, 2.75) is 71.6 Å². The molecule has 0 bridgehead atoms. The molecule has 0 aromatic carbocycles. The molecule has 22 heavy (non-hydrogen) atoms. The van der Waals surface area contributed by atoms with E-state index < -0.39 is 8.32 Å². The van der Waals surface area contributed by atoms with Crippen LogP contribution in [0, 0.1) is 0 Å². The minimum Gasteiger partial charge on any atom is -0.412 e. The molecular formula is C16H34N2O3Si. The van der Waals surface area contributed by atoms with Crippen LogP contribution in [-0.2, 0) is 13.9 Å². The van der Waals surface area contributed by atoms with Crippen molar-refractivity contribution in [3.8, 4) is 0 Å². The fourth-order valence-corrected chi connectivity index (χ4v) is 3.44. The van der Waals surface area contributed by atoms with Gasteiger partial charge in [-0.25, -0.2) is 0 Å². The monoisotopic (exact) mass is 330 g/mol. The van der Waals surface area contributed by atoms with E-state index >= 15 is 0 Å². The summed E-state index contributed by atoms with van der Waals surface area (Å²) >= 11 is 0. The second-order valence-electron chi connectivity index (χ2n) is 7.21. The van der Waals surface area contributed by atoms with Crippen LogP contribution >= 0.6 is 0 Å². The molecule has 0 aromatic rings. The maximum absolute atomic E-state index is 6.42. The highest BCUT2D eigenvalue weighted by atomic mass is 28.4. The van der Waals surface area contributed by atoms with Crippen LogP contribution in [0.25, 0.3) is 0 Å². The standard InChI is InChI=1S/C16H34N2O3Si/c1-8-19-15(20-9-2)12-18-14-10-13(11-17-14)21-22(6,7)16(3,4)5/h13,15H,8-12H2,1-7H3,(H,17,18)/t13-/m0/s1. The summed E-state index contributed by atoms with van der Waals surface area (Å²) in [7, 11) is -1.72. The number of rotatable bonds is 8. The minimum atomic E-state index is -1.72. The van der Waals surface area contributed by atoms with Gasteiger partial charge in [0.15, 0.2) is 14.6 Å². The number of ether oxygens (including phenoxy) is 2. The van der Waals surface area contributed by atoms with Crippen LogP contribution in [0.5, 0.6) is 0 Å². The Labute approximate surface area is 136 Å². The molecule has 0 saturated carbocycles. The van der Waals surface area contributed by atoms with Crippen molar-refractivity contribution in [2.75, 3.05) is 26.3 Å². The van der Waals surface area contributed by atoms with E-state index in [9.17, 15) is 0 Å². The van der Waals surface area contributed by atoms with Gasteiger partial charge in [0.05, 0.1) is 25.0 Å². The van der Waals surface area contributed by atoms with Gasteiger partial charge in [-0.2, -0.15) is 0 Å². The zero-order valence-electron chi connectivity index (χ0n) is 15.4. The summed E-state index contributed by atoms with van der Waals surface area (Å²) in [4.78, 5) is 4.57. The lowest BCUT2D eigenvalue weighted by Gasteiger charge is -2.38. The number of nitrogens with zero attached hydrogens (tertiary/aromatic N) is 1. The lowest BCUT2D eigenvalue weighted by atomic mass is 10.2. The fourth-order valence-electron chi connectivity index (χ4n) is 2.10. The first-order valence-electron chi connectivity index (χ1n) is 8.37. The highest BCUT2D eigenvalue weighted by Gasteiger charge is 2.40. The average Bonchev–Trinajstić information content (AvgIpc) is 2.82. The van der Waals surface area contributed by atoms with Crippen LogP contribution in [0.1, 0.15) is 41.0 Å². The summed E-state index contributed by atoms with van der Waals surface area (Å²) in [6, 6.07) is 0. The van der Waals surface area contributed by atoms with Crippen LogP contribution in [0.4, 0.5) is 0 Å². The van der Waals surface area contributed by atoms with E-state index in [4.69, 9.17) is 13.9 Å². The highest BCUT2D eigenvalue weighted by molar-refractivity contribution is 6.74. The lowest BCUT2D eigenvalue weighted by Crippen LogP contribution is -2.44. The van der Waals surface area contributed by atoms with Crippen molar-refractivity contribution < 1.29 is 13.9 Å². The number of amidine groups is 1. The van der Waals surface area contributed by atoms with Crippen molar-refractivity contribution in [1.82, 2.24) is 5.32 Å². The number of hydrogen-bond donors (Lipinski definition) is 1. The molecule has 1 N–H and O–H groups in total. The second kappa shape index (κ2) is 8.43. The Morgan fingerprint density at radius 1 is 1.23 bits per heavy atom. The zero-order chi connectivity index (χ0) is 16.8. The predicted molar refractivity (Wildman–Crippen MR) is 94.0 cm³/mol. The van der Waals surface area contributed by atoms with Gasteiger partial charge in [-0.05, 0) is 32.0 Å². The fraction of sp³-hybridized carbons (Fsp3) is 0.938. The summed E-state index contributed by atoms with van der Waals surface area (Å²) < 4.78 is 17.5. The van der Waals surface area contributed by atoms with Gasteiger partial charge in [-0.1, -0.05) is 20.8 Å². The van der Waals surface area contributed by atoms with E-state index in [2.05, 4.69) is 44.2 Å². The third-order valence-electron chi connectivity index (χ3n) is 4.35. The molecule has 0 radical (unpaired) electrons. The Bertz CT molecular complexity index is 361. The van der Waals surface area contributed by atoms with Gasteiger partial charge in [0, 0.05) is 19.6 Å². The summed E-state index contributed by atoms with van der Waals surface area (Å²) in [5.74, 6) is 1.01. The smallest absolute Gasteiger partial charge is 0.192 e. The molecule has 1 aliphatic heterocycles. The minimum absolute atomic E-state index is 0.209. The maximum Gasteiger partial charge on any atom is 0.192 e. The van der Waals surface area contributed by atoms with Crippen molar-refractivity contribution in [3.05, 3.63) is 0 Å². The Hall–Kier alpha value is -0.433. The topological polar surface area (TPSA) is 52.1 Å². The third kappa shape index (κ3) is 5.99. The van der Waals surface area contributed by atoms with E-state index in [1.165, 1.54) is 0 Å². The van der Waals surface area contributed by atoms with Gasteiger partial charge in [-0.15, -0.1) is 0 Å². The molecule has 1 aliphatic rings. The largest absolute Gasteiger partial charge is 0.412 e. The Kier molecular flexibility index (Phi) is 7.51. The second-order valence-corrected chi connectivity index (χ2v) is 12.0. The van der Waals surface area contributed by atoms with Crippen LogP contribution in [0.15, 0.2) is 4.99 Å². The summed E-state index contributed by atoms with van der Waals surface area (Å²) in [6.45, 7) is 18.0. The van der Waals surface area contributed by atoms with Gasteiger partial charge < -0.3 is 19.2 Å². The molecule has 1 heterocycles. The van der Waals surface area contributed by atoms with Gasteiger partial charge >= 0.3 is 0 Å². The molecule has 6 heteroatoms. The van der Waals surface area contributed by atoms with Gasteiger partial charge in [0.1, 0.15) is 0 Å². The third-order valence-corrected chi connectivity index (χ3v) is 8.89. The molecule has 5 nitrogen and oxygen atoms in total. The first-order valence-corrected chi connectivity index (χ1v) is 11.3. The Balaban J connectivity index is 2.39. The number of hydrogen-bond acceptors (Lipinski definition) is 5. The first-order chi connectivity index (χ1) is 10.2. The van der Waals surface area contributed by atoms with E-state index in [0.717, 1.165) is 18.8 Å². The van der Waals surface area contributed by atoms with Crippen LogP contribution < -0.4 is 5.32 Å². The Morgan fingerprint density at radius 2 is 1.82 bits per heavy atom. The van der Waals surface area contributed by atoms with Crippen molar-refractivity contribution in [2.24, 2.45) is 4.99 Å². The van der Waals surface area contributed by atoms with Crippen LogP contribution in [0.3, 0.4) is 0 Å². The quantitative estimate of drug-likeness (QED) is 0.548. The highest BCUT2D eigenvalue weighted by Crippen LogP contribution is 2.38. The molecule has 130 valence electrons. The van der Waals surface area contributed by atoms with E-state index in [0.29, 0.717) is 19.8 Å². The molecule has 1 atom stereocenters. The lowest BCUT2D eigenvalue weighted by molar-refractivity contribution is -0.131. The van der Waals surface area contributed by atoms with Gasteiger partial charge in [0.2, 0.25) is 0 Å². The van der Waals surface area contributed by atoms with E-state index in [1.807, 2.05) is 13.8 Å². The molecular weight excluding hydrogens is 296 g/mol. The number of nitrogens with one attached hydrogen (secondary N) is 1. The molecule has 0 fully saturated rings. The van der Waals surface area contributed by atoms with E-state index in [-0.39, 0.29) is 17.4 Å².